The van der Waals surface area contributed by atoms with E-state index >= 15 is 0 Å². The Balaban J connectivity index is 1.83. The Morgan fingerprint density at radius 3 is 2.86 bits per heavy atom. The van der Waals surface area contributed by atoms with Gasteiger partial charge in [0, 0.05) is 23.8 Å². The van der Waals surface area contributed by atoms with E-state index in [-0.39, 0.29) is 0 Å². The summed E-state index contributed by atoms with van der Waals surface area (Å²) in [5, 5.41) is 5.39. The Labute approximate surface area is 123 Å². The maximum absolute atomic E-state index is 5.94. The third-order valence-electron chi connectivity index (χ3n) is 3.33. The molecule has 0 radical (unpaired) electrons. The normalized spacial score (nSPS) is 11.2. The molecule has 0 saturated carbocycles. The highest BCUT2D eigenvalue weighted by Gasteiger charge is 2.07. The van der Waals surface area contributed by atoms with Gasteiger partial charge in [-0.25, -0.2) is 0 Å². The van der Waals surface area contributed by atoms with Crippen LogP contribution < -0.4 is 10.5 Å². The number of nitrogens with two attached hydrogens (primary N) is 1. The van der Waals surface area contributed by atoms with Crippen molar-refractivity contribution in [3.05, 3.63) is 48.4 Å². The molecule has 0 saturated heterocycles. The van der Waals surface area contributed by atoms with Gasteiger partial charge < -0.3 is 10.5 Å². The standard InChI is InChI=1S/C16H18N4O/c1-11(2)20-9-7-12(19-20)10-21-15-6-5-14(17)16-13(15)4-3-8-18-16/h3-9,11H,10,17H2,1-2H3. The van der Waals surface area contributed by atoms with Crippen molar-refractivity contribution < 1.29 is 4.74 Å². The summed E-state index contributed by atoms with van der Waals surface area (Å²) in [6.45, 7) is 4.61. The molecular weight excluding hydrogens is 264 g/mol. The van der Waals surface area contributed by atoms with Crippen LogP contribution in [-0.4, -0.2) is 14.8 Å². The summed E-state index contributed by atoms with van der Waals surface area (Å²) < 4.78 is 7.80. The zero-order valence-corrected chi connectivity index (χ0v) is 12.2. The van der Waals surface area contributed by atoms with Gasteiger partial charge in [0.15, 0.2) is 0 Å². The van der Waals surface area contributed by atoms with Gasteiger partial charge >= 0.3 is 0 Å². The van der Waals surface area contributed by atoms with Crippen LogP contribution in [0.3, 0.4) is 0 Å². The topological polar surface area (TPSA) is 66.0 Å². The number of rotatable bonds is 4. The number of nitrogen functional groups attached to an aromatic ring is 1. The van der Waals surface area contributed by atoms with Crippen LogP contribution in [0.25, 0.3) is 10.9 Å². The molecule has 2 heterocycles. The highest BCUT2D eigenvalue weighted by molar-refractivity contribution is 5.93. The average Bonchev–Trinajstić information content (AvgIpc) is 2.96. The van der Waals surface area contributed by atoms with Crippen molar-refractivity contribution in [2.24, 2.45) is 0 Å². The summed E-state index contributed by atoms with van der Waals surface area (Å²) in [5.41, 5.74) is 8.26. The van der Waals surface area contributed by atoms with Gasteiger partial charge in [-0.1, -0.05) is 0 Å². The first-order valence-corrected chi connectivity index (χ1v) is 6.95. The fourth-order valence-electron chi connectivity index (χ4n) is 2.19. The van der Waals surface area contributed by atoms with E-state index in [9.17, 15) is 0 Å². The average molecular weight is 282 g/mol. The van der Waals surface area contributed by atoms with Crippen molar-refractivity contribution in [2.45, 2.75) is 26.5 Å². The maximum Gasteiger partial charge on any atom is 0.132 e. The third-order valence-corrected chi connectivity index (χ3v) is 3.33. The van der Waals surface area contributed by atoms with Crippen LogP contribution in [-0.2, 0) is 6.61 Å². The van der Waals surface area contributed by atoms with Gasteiger partial charge in [0.25, 0.3) is 0 Å². The molecule has 0 spiro atoms. The summed E-state index contributed by atoms with van der Waals surface area (Å²) in [5.74, 6) is 0.770. The van der Waals surface area contributed by atoms with Crippen LogP contribution in [0.15, 0.2) is 42.7 Å². The Morgan fingerprint density at radius 1 is 1.24 bits per heavy atom. The monoisotopic (exact) mass is 282 g/mol. The van der Waals surface area contributed by atoms with Crippen LogP contribution >= 0.6 is 0 Å². The molecule has 0 aliphatic rings. The van der Waals surface area contributed by atoms with E-state index in [1.54, 1.807) is 6.20 Å². The number of hydrogen-bond donors (Lipinski definition) is 1. The van der Waals surface area contributed by atoms with Crippen LogP contribution in [0, 0.1) is 0 Å². The number of anilines is 1. The van der Waals surface area contributed by atoms with Gasteiger partial charge in [-0.05, 0) is 44.2 Å². The highest BCUT2D eigenvalue weighted by atomic mass is 16.5. The number of hydrogen-bond acceptors (Lipinski definition) is 4. The molecule has 5 heteroatoms. The van der Waals surface area contributed by atoms with E-state index in [1.165, 1.54) is 0 Å². The lowest BCUT2D eigenvalue weighted by Gasteiger charge is -2.09. The van der Waals surface area contributed by atoms with E-state index in [0.717, 1.165) is 22.3 Å². The van der Waals surface area contributed by atoms with Crippen molar-refractivity contribution in [3.63, 3.8) is 0 Å². The zero-order valence-electron chi connectivity index (χ0n) is 12.2. The maximum atomic E-state index is 5.94. The minimum Gasteiger partial charge on any atom is -0.487 e. The van der Waals surface area contributed by atoms with Gasteiger partial charge in [-0.2, -0.15) is 5.10 Å². The number of pyridine rings is 1. The molecular formula is C16H18N4O. The molecule has 0 aliphatic heterocycles. The van der Waals surface area contributed by atoms with Crippen molar-refractivity contribution in [1.29, 1.82) is 0 Å². The minimum absolute atomic E-state index is 0.348. The quantitative estimate of drug-likeness (QED) is 0.746. The number of aromatic nitrogens is 3. The Bertz CT molecular complexity index is 764. The summed E-state index contributed by atoms with van der Waals surface area (Å²) in [4.78, 5) is 4.30. The second-order valence-corrected chi connectivity index (χ2v) is 5.22. The van der Waals surface area contributed by atoms with Gasteiger partial charge in [0.05, 0.1) is 16.9 Å². The third kappa shape index (κ3) is 2.67. The molecule has 2 N–H and O–H groups in total. The summed E-state index contributed by atoms with van der Waals surface area (Å²) in [6, 6.07) is 9.84. The molecule has 1 aromatic carbocycles. The molecule has 0 amide bonds. The lowest BCUT2D eigenvalue weighted by Crippen LogP contribution is -2.03. The predicted molar refractivity (Wildman–Crippen MR) is 83.1 cm³/mol. The van der Waals surface area contributed by atoms with Gasteiger partial charge in [0.1, 0.15) is 12.4 Å². The Morgan fingerprint density at radius 2 is 2.10 bits per heavy atom. The Hall–Kier alpha value is -2.56. The fourth-order valence-corrected chi connectivity index (χ4v) is 2.19. The molecule has 2 aromatic heterocycles. The molecule has 21 heavy (non-hydrogen) atoms. The molecule has 5 nitrogen and oxygen atoms in total. The first-order chi connectivity index (χ1) is 10.1. The molecule has 0 atom stereocenters. The fraction of sp³-hybridized carbons (Fsp3) is 0.250. The second-order valence-electron chi connectivity index (χ2n) is 5.22. The van der Waals surface area contributed by atoms with Gasteiger partial charge in [0.2, 0.25) is 0 Å². The molecule has 0 fully saturated rings. The predicted octanol–water partition coefficient (Wildman–Crippen LogP) is 3.17. The minimum atomic E-state index is 0.348. The van der Waals surface area contributed by atoms with E-state index in [4.69, 9.17) is 10.5 Å². The first-order valence-electron chi connectivity index (χ1n) is 6.95. The van der Waals surface area contributed by atoms with Gasteiger partial charge in [-0.15, -0.1) is 0 Å². The smallest absolute Gasteiger partial charge is 0.132 e. The van der Waals surface area contributed by atoms with E-state index in [1.807, 2.05) is 41.2 Å². The Kier molecular flexibility index (Phi) is 3.48. The number of ether oxygens (including phenoxy) is 1. The summed E-state index contributed by atoms with van der Waals surface area (Å²) in [6.07, 6.45) is 3.69. The second kappa shape index (κ2) is 5.44. The first kappa shape index (κ1) is 13.4. The van der Waals surface area contributed by atoms with Crippen LogP contribution in [0.4, 0.5) is 5.69 Å². The van der Waals surface area contributed by atoms with Crippen molar-refractivity contribution in [2.75, 3.05) is 5.73 Å². The highest BCUT2D eigenvalue weighted by Crippen LogP contribution is 2.28. The lowest BCUT2D eigenvalue weighted by atomic mass is 10.2. The molecule has 0 aliphatic carbocycles. The summed E-state index contributed by atoms with van der Waals surface area (Å²) in [7, 11) is 0. The number of nitrogens with zero attached hydrogens (tertiary/aromatic N) is 3. The number of fused-ring (bicyclic) bond motifs is 1. The van der Waals surface area contributed by atoms with E-state index in [2.05, 4.69) is 23.9 Å². The molecule has 0 bridgehead atoms. The van der Waals surface area contributed by atoms with E-state index < -0.39 is 0 Å². The number of benzene rings is 1. The van der Waals surface area contributed by atoms with Crippen molar-refractivity contribution >= 4 is 16.6 Å². The van der Waals surface area contributed by atoms with Crippen molar-refractivity contribution in [3.8, 4) is 5.75 Å². The van der Waals surface area contributed by atoms with E-state index in [0.29, 0.717) is 18.3 Å². The van der Waals surface area contributed by atoms with Crippen LogP contribution in [0.2, 0.25) is 0 Å². The van der Waals surface area contributed by atoms with Crippen molar-refractivity contribution in [1.82, 2.24) is 14.8 Å². The molecule has 3 aromatic rings. The summed E-state index contributed by atoms with van der Waals surface area (Å²) >= 11 is 0. The largest absolute Gasteiger partial charge is 0.487 e. The SMILES string of the molecule is CC(C)n1ccc(COc2ccc(N)c3ncccc23)n1. The van der Waals surface area contributed by atoms with Crippen LogP contribution in [0.1, 0.15) is 25.6 Å². The van der Waals surface area contributed by atoms with Gasteiger partial charge in [-0.3, -0.25) is 9.67 Å². The molecule has 3 rings (SSSR count). The van der Waals surface area contributed by atoms with Crippen LogP contribution in [0.5, 0.6) is 5.75 Å². The zero-order chi connectivity index (χ0) is 14.8. The molecule has 0 unspecified atom stereocenters. The molecule has 108 valence electrons. The lowest BCUT2D eigenvalue weighted by molar-refractivity contribution is 0.302.